The number of anilines is 1. The predicted octanol–water partition coefficient (Wildman–Crippen LogP) is 3.05. The Labute approximate surface area is 113 Å². The summed E-state index contributed by atoms with van der Waals surface area (Å²) in [5.41, 5.74) is -0.0397. The summed E-state index contributed by atoms with van der Waals surface area (Å²) in [4.78, 5) is 11.6. The number of nitrogens with one attached hydrogen (secondary N) is 2. The van der Waals surface area contributed by atoms with Crippen LogP contribution in [0.3, 0.4) is 0 Å². The summed E-state index contributed by atoms with van der Waals surface area (Å²) < 4.78 is 26.8. The lowest BCUT2D eigenvalue weighted by atomic mass is 10.2. The number of hydrogen-bond donors (Lipinski definition) is 2. The van der Waals surface area contributed by atoms with Crippen LogP contribution in [0.25, 0.3) is 0 Å². The molecule has 0 aliphatic rings. The van der Waals surface area contributed by atoms with E-state index >= 15 is 0 Å². The second kappa shape index (κ2) is 6.13. The summed E-state index contributed by atoms with van der Waals surface area (Å²) in [7, 11) is 0. The number of amides is 1. The Kier molecular flexibility index (Phi) is 5.07. The zero-order chi connectivity index (χ0) is 13.9. The smallest absolute Gasteiger partial charge is 0.242 e. The second-order valence-corrected chi connectivity index (χ2v) is 5.13. The van der Waals surface area contributed by atoms with Crippen LogP contribution in [0.15, 0.2) is 16.6 Å². The lowest BCUT2D eigenvalue weighted by Gasteiger charge is -2.17. The molecule has 1 unspecified atom stereocenters. The molecule has 3 nitrogen and oxygen atoms in total. The first-order valence-corrected chi connectivity index (χ1v) is 6.32. The molecule has 0 saturated carbocycles. The molecule has 1 amide bonds. The molecule has 0 saturated heterocycles. The molecule has 1 atom stereocenters. The summed E-state index contributed by atoms with van der Waals surface area (Å²) in [5, 5.41) is 5.32. The van der Waals surface area contributed by atoms with Crippen LogP contribution in [-0.2, 0) is 4.79 Å². The number of carbonyl (C=O) groups excluding carboxylic acids is 1. The van der Waals surface area contributed by atoms with Gasteiger partial charge in [0.15, 0.2) is 0 Å². The van der Waals surface area contributed by atoms with E-state index in [9.17, 15) is 13.6 Å². The molecule has 1 aromatic carbocycles. The van der Waals surface area contributed by atoms with Crippen LogP contribution < -0.4 is 10.6 Å². The molecule has 0 radical (unpaired) electrons. The summed E-state index contributed by atoms with van der Waals surface area (Å²) in [5.74, 6) is -1.48. The van der Waals surface area contributed by atoms with E-state index in [4.69, 9.17) is 0 Å². The van der Waals surface area contributed by atoms with Gasteiger partial charge < -0.3 is 10.6 Å². The fourth-order valence-corrected chi connectivity index (χ4v) is 1.66. The highest BCUT2D eigenvalue weighted by Crippen LogP contribution is 2.23. The van der Waals surface area contributed by atoms with Crippen molar-refractivity contribution in [3.8, 4) is 0 Å². The number of benzene rings is 1. The molecule has 0 aromatic heterocycles. The summed E-state index contributed by atoms with van der Waals surface area (Å²) in [6, 6.07) is 1.37. The fraction of sp³-hybridized carbons (Fsp3) is 0.417. The highest BCUT2D eigenvalue weighted by atomic mass is 79.9. The van der Waals surface area contributed by atoms with E-state index in [2.05, 4.69) is 26.6 Å². The number of rotatable bonds is 4. The van der Waals surface area contributed by atoms with Crippen molar-refractivity contribution in [2.24, 2.45) is 0 Å². The molecule has 0 aliphatic heterocycles. The predicted molar refractivity (Wildman–Crippen MR) is 70.4 cm³/mol. The molecule has 0 heterocycles. The summed E-state index contributed by atoms with van der Waals surface area (Å²) in [6.07, 6.45) is 0. The van der Waals surface area contributed by atoms with E-state index in [-0.39, 0.29) is 22.1 Å². The van der Waals surface area contributed by atoms with Crippen LogP contribution in [0, 0.1) is 11.6 Å². The second-order valence-electron chi connectivity index (χ2n) is 4.28. The van der Waals surface area contributed by atoms with Crippen LogP contribution in [0.2, 0.25) is 0 Å². The average Bonchev–Trinajstić information content (AvgIpc) is 2.24. The third kappa shape index (κ3) is 3.94. The Hall–Kier alpha value is -1.17. The van der Waals surface area contributed by atoms with Crippen molar-refractivity contribution >= 4 is 27.5 Å². The Morgan fingerprint density at radius 2 is 1.83 bits per heavy atom. The van der Waals surface area contributed by atoms with Gasteiger partial charge in [0, 0.05) is 12.1 Å². The van der Waals surface area contributed by atoms with Gasteiger partial charge in [-0.2, -0.15) is 0 Å². The third-order valence-electron chi connectivity index (χ3n) is 2.21. The number of carbonyl (C=O) groups is 1. The lowest BCUT2D eigenvalue weighted by molar-refractivity contribution is -0.122. The monoisotopic (exact) mass is 320 g/mol. The van der Waals surface area contributed by atoms with E-state index in [0.29, 0.717) is 0 Å². The maximum atomic E-state index is 13.5. The zero-order valence-electron chi connectivity index (χ0n) is 10.4. The van der Waals surface area contributed by atoms with Crippen LogP contribution in [0.4, 0.5) is 14.5 Å². The molecule has 18 heavy (non-hydrogen) atoms. The van der Waals surface area contributed by atoms with Crippen molar-refractivity contribution in [3.05, 3.63) is 28.2 Å². The first kappa shape index (κ1) is 14.9. The maximum absolute atomic E-state index is 13.5. The van der Waals surface area contributed by atoms with E-state index in [1.54, 1.807) is 6.92 Å². The Balaban J connectivity index is 2.79. The van der Waals surface area contributed by atoms with Gasteiger partial charge in [0.25, 0.3) is 0 Å². The number of hydrogen-bond acceptors (Lipinski definition) is 2. The Morgan fingerprint density at radius 3 is 2.39 bits per heavy atom. The van der Waals surface area contributed by atoms with Crippen molar-refractivity contribution in [1.29, 1.82) is 0 Å². The molecule has 0 aliphatic carbocycles. The van der Waals surface area contributed by atoms with Crippen molar-refractivity contribution in [3.63, 3.8) is 0 Å². The van der Waals surface area contributed by atoms with Crippen LogP contribution >= 0.6 is 15.9 Å². The Morgan fingerprint density at radius 1 is 1.22 bits per heavy atom. The van der Waals surface area contributed by atoms with Gasteiger partial charge in [-0.15, -0.1) is 0 Å². The van der Waals surface area contributed by atoms with Gasteiger partial charge in [0.1, 0.15) is 17.7 Å². The minimum atomic E-state index is -0.650. The van der Waals surface area contributed by atoms with E-state index in [0.717, 1.165) is 12.1 Å². The van der Waals surface area contributed by atoms with Crippen LogP contribution in [0.1, 0.15) is 20.8 Å². The minimum Gasteiger partial charge on any atom is -0.371 e. The lowest BCUT2D eigenvalue weighted by Crippen LogP contribution is -2.41. The summed E-state index contributed by atoms with van der Waals surface area (Å²) in [6.45, 7) is 5.23. The maximum Gasteiger partial charge on any atom is 0.242 e. The average molecular weight is 321 g/mol. The highest BCUT2D eigenvalue weighted by Gasteiger charge is 2.16. The molecular formula is C12H15BrF2N2O. The standard InChI is InChI=1S/C12H15BrF2N2O/c1-6(2)16-12(18)7(3)17-11-5-9(14)8(13)4-10(11)15/h4-7,17H,1-3H3,(H,16,18). The van der Waals surface area contributed by atoms with E-state index in [1.807, 2.05) is 13.8 Å². The van der Waals surface area contributed by atoms with Crippen molar-refractivity contribution in [2.75, 3.05) is 5.32 Å². The zero-order valence-corrected chi connectivity index (χ0v) is 11.9. The largest absolute Gasteiger partial charge is 0.371 e. The molecule has 0 bridgehead atoms. The van der Waals surface area contributed by atoms with Gasteiger partial charge in [-0.05, 0) is 42.8 Å². The van der Waals surface area contributed by atoms with E-state index in [1.165, 1.54) is 0 Å². The SMILES string of the molecule is CC(C)NC(=O)C(C)Nc1cc(F)c(Br)cc1F. The van der Waals surface area contributed by atoms with Gasteiger partial charge in [-0.1, -0.05) is 0 Å². The quantitative estimate of drug-likeness (QED) is 0.837. The highest BCUT2D eigenvalue weighted by molar-refractivity contribution is 9.10. The third-order valence-corrected chi connectivity index (χ3v) is 2.81. The molecular weight excluding hydrogens is 306 g/mol. The number of halogens is 3. The fourth-order valence-electron chi connectivity index (χ4n) is 1.34. The van der Waals surface area contributed by atoms with Crippen LogP contribution in [-0.4, -0.2) is 18.0 Å². The van der Waals surface area contributed by atoms with Gasteiger partial charge >= 0.3 is 0 Å². The van der Waals surface area contributed by atoms with Crippen molar-refractivity contribution in [2.45, 2.75) is 32.9 Å². The summed E-state index contributed by atoms with van der Waals surface area (Å²) >= 11 is 2.89. The topological polar surface area (TPSA) is 41.1 Å². The molecule has 0 spiro atoms. The molecule has 2 N–H and O–H groups in total. The first-order valence-electron chi connectivity index (χ1n) is 5.52. The molecule has 0 fully saturated rings. The normalized spacial score (nSPS) is 12.4. The van der Waals surface area contributed by atoms with Crippen molar-refractivity contribution < 1.29 is 13.6 Å². The molecule has 6 heteroatoms. The molecule has 1 aromatic rings. The molecule has 1 rings (SSSR count). The van der Waals surface area contributed by atoms with Crippen LogP contribution in [0.5, 0.6) is 0 Å². The Bertz CT molecular complexity index is 452. The van der Waals surface area contributed by atoms with Gasteiger partial charge in [-0.25, -0.2) is 8.78 Å². The van der Waals surface area contributed by atoms with Gasteiger partial charge in [0.05, 0.1) is 10.2 Å². The van der Waals surface area contributed by atoms with Gasteiger partial charge in [-0.3, -0.25) is 4.79 Å². The van der Waals surface area contributed by atoms with E-state index < -0.39 is 17.7 Å². The first-order chi connectivity index (χ1) is 8.31. The molecule has 100 valence electrons. The van der Waals surface area contributed by atoms with Gasteiger partial charge in [0.2, 0.25) is 5.91 Å². The minimum absolute atomic E-state index is 0.00625. The van der Waals surface area contributed by atoms with Crippen molar-refractivity contribution in [1.82, 2.24) is 5.32 Å².